The van der Waals surface area contributed by atoms with Crippen molar-refractivity contribution in [3.05, 3.63) is 88.9 Å². The zero-order valence-corrected chi connectivity index (χ0v) is 21.0. The van der Waals surface area contributed by atoms with E-state index in [1.807, 2.05) is 0 Å². The predicted octanol–water partition coefficient (Wildman–Crippen LogP) is 5.45. The Hall–Kier alpha value is -2.48. The summed E-state index contributed by atoms with van der Waals surface area (Å²) in [5, 5.41) is 3.24. The Kier molecular flexibility index (Phi) is 8.83. The van der Waals surface area contributed by atoms with Crippen molar-refractivity contribution in [1.29, 1.82) is 0 Å². The number of rotatable bonds is 10. The minimum atomic E-state index is -3.95. The van der Waals surface area contributed by atoms with Gasteiger partial charge in [-0.1, -0.05) is 53.6 Å². The number of amides is 1. The van der Waals surface area contributed by atoms with Gasteiger partial charge >= 0.3 is 0 Å². The molecule has 0 heterocycles. The van der Waals surface area contributed by atoms with Crippen LogP contribution in [0.2, 0.25) is 5.02 Å². The zero-order chi connectivity index (χ0) is 23.8. The van der Waals surface area contributed by atoms with Crippen LogP contribution < -0.4 is 9.62 Å². The van der Waals surface area contributed by atoms with Crippen molar-refractivity contribution in [3.8, 4) is 0 Å². The topological polar surface area (TPSA) is 66.5 Å². The predicted molar refractivity (Wildman–Crippen MR) is 137 cm³/mol. The first kappa shape index (κ1) is 25.1. The minimum absolute atomic E-state index is 0.117. The van der Waals surface area contributed by atoms with Crippen LogP contribution in [0, 0.1) is 13.8 Å². The van der Waals surface area contributed by atoms with E-state index in [9.17, 15) is 13.2 Å². The molecule has 0 fully saturated rings. The normalized spacial score (nSPS) is 11.2. The van der Waals surface area contributed by atoms with Crippen molar-refractivity contribution in [1.82, 2.24) is 5.32 Å². The number of nitrogens with one attached hydrogen (secondary N) is 1. The number of sulfonamides is 1. The molecule has 0 unspecified atom stereocenters. The highest BCUT2D eigenvalue weighted by Crippen LogP contribution is 2.29. The lowest BCUT2D eigenvalue weighted by molar-refractivity contribution is -0.119. The summed E-state index contributed by atoms with van der Waals surface area (Å²) in [5.74, 6) is 0.484. The molecule has 33 heavy (non-hydrogen) atoms. The molecule has 1 amide bonds. The van der Waals surface area contributed by atoms with Crippen molar-refractivity contribution in [3.63, 3.8) is 0 Å². The van der Waals surface area contributed by atoms with E-state index in [0.29, 0.717) is 22.8 Å². The van der Waals surface area contributed by atoms with E-state index >= 15 is 0 Å². The standard InChI is InChI=1S/C25H27ClN2O3S2/c1-19-9-13-22(14-10-19)32-16-6-15-27-25(29)18-28(24-17-21(26)12-11-20(24)2)33(30,31)23-7-4-3-5-8-23/h3-5,7-14,17H,6,15-16,18H2,1-2H3,(H,27,29). The number of anilines is 1. The summed E-state index contributed by atoms with van der Waals surface area (Å²) in [5.41, 5.74) is 2.31. The Morgan fingerprint density at radius 2 is 1.70 bits per heavy atom. The fourth-order valence-electron chi connectivity index (χ4n) is 3.18. The summed E-state index contributed by atoms with van der Waals surface area (Å²) in [4.78, 5) is 14.0. The SMILES string of the molecule is Cc1ccc(SCCCNC(=O)CN(c2cc(Cl)ccc2C)S(=O)(=O)c2ccccc2)cc1. The lowest BCUT2D eigenvalue weighted by Crippen LogP contribution is -2.41. The summed E-state index contributed by atoms with van der Waals surface area (Å²) in [6.45, 7) is 3.98. The number of benzene rings is 3. The third-order valence-corrected chi connectivity index (χ3v) is 8.10. The number of halogens is 1. The molecule has 0 aliphatic carbocycles. The van der Waals surface area contributed by atoms with Gasteiger partial charge in [0, 0.05) is 16.5 Å². The van der Waals surface area contributed by atoms with E-state index in [0.717, 1.165) is 16.5 Å². The van der Waals surface area contributed by atoms with Crippen LogP contribution in [0.25, 0.3) is 0 Å². The Labute approximate surface area is 205 Å². The van der Waals surface area contributed by atoms with Crippen LogP contribution in [0.3, 0.4) is 0 Å². The maximum absolute atomic E-state index is 13.4. The van der Waals surface area contributed by atoms with Gasteiger partial charge in [-0.3, -0.25) is 9.10 Å². The van der Waals surface area contributed by atoms with Crippen molar-refractivity contribution in [2.75, 3.05) is 23.1 Å². The molecule has 3 aromatic carbocycles. The number of aryl methyl sites for hydroxylation is 2. The lowest BCUT2D eigenvalue weighted by atomic mass is 10.2. The molecular formula is C25H27ClN2O3S2. The molecule has 8 heteroatoms. The van der Waals surface area contributed by atoms with Gasteiger partial charge in [-0.05, 0) is 68.0 Å². The monoisotopic (exact) mass is 502 g/mol. The first-order chi connectivity index (χ1) is 15.8. The minimum Gasteiger partial charge on any atom is -0.354 e. The van der Waals surface area contributed by atoms with Crippen molar-refractivity contribution in [2.45, 2.75) is 30.1 Å². The van der Waals surface area contributed by atoms with Gasteiger partial charge in [-0.25, -0.2) is 8.42 Å². The molecular weight excluding hydrogens is 476 g/mol. The smallest absolute Gasteiger partial charge is 0.264 e. The Morgan fingerprint density at radius 1 is 1.00 bits per heavy atom. The van der Waals surface area contributed by atoms with Gasteiger partial charge in [0.15, 0.2) is 0 Å². The second-order valence-corrected chi connectivity index (χ2v) is 11.1. The average Bonchev–Trinajstić information content (AvgIpc) is 2.80. The molecule has 0 aliphatic heterocycles. The fraction of sp³-hybridized carbons (Fsp3) is 0.240. The summed E-state index contributed by atoms with van der Waals surface area (Å²) in [6, 6.07) is 21.4. The first-order valence-corrected chi connectivity index (χ1v) is 13.4. The molecule has 0 bridgehead atoms. The van der Waals surface area contributed by atoms with Crippen molar-refractivity contribution >= 4 is 45.0 Å². The van der Waals surface area contributed by atoms with Gasteiger partial charge in [0.1, 0.15) is 6.54 Å². The number of carbonyl (C=O) groups excluding carboxylic acids is 1. The largest absolute Gasteiger partial charge is 0.354 e. The first-order valence-electron chi connectivity index (χ1n) is 10.6. The van der Waals surface area contributed by atoms with Crippen LogP contribution in [-0.2, 0) is 14.8 Å². The average molecular weight is 503 g/mol. The highest BCUT2D eigenvalue weighted by molar-refractivity contribution is 7.99. The molecule has 0 spiro atoms. The summed E-state index contributed by atoms with van der Waals surface area (Å²) < 4.78 is 27.9. The van der Waals surface area contributed by atoms with Gasteiger partial charge in [0.05, 0.1) is 10.6 Å². The number of thioether (sulfide) groups is 1. The zero-order valence-electron chi connectivity index (χ0n) is 18.6. The molecule has 0 aliphatic rings. The van der Waals surface area contributed by atoms with Crippen LogP contribution in [0.1, 0.15) is 17.5 Å². The second kappa shape index (κ2) is 11.6. The number of hydrogen-bond acceptors (Lipinski definition) is 4. The molecule has 3 aromatic rings. The number of carbonyl (C=O) groups is 1. The van der Waals surface area contributed by atoms with E-state index in [-0.39, 0.29) is 17.3 Å². The molecule has 0 radical (unpaired) electrons. The molecule has 5 nitrogen and oxygen atoms in total. The molecule has 174 valence electrons. The second-order valence-electron chi connectivity index (χ2n) is 7.62. The quantitative estimate of drug-likeness (QED) is 0.295. The van der Waals surface area contributed by atoms with Gasteiger partial charge in [0.25, 0.3) is 10.0 Å². The lowest BCUT2D eigenvalue weighted by Gasteiger charge is -2.25. The fourth-order valence-corrected chi connectivity index (χ4v) is 5.70. The van der Waals surface area contributed by atoms with Crippen LogP contribution in [0.15, 0.2) is 82.6 Å². The molecule has 0 saturated heterocycles. The third kappa shape index (κ3) is 7.00. The van der Waals surface area contributed by atoms with Crippen molar-refractivity contribution < 1.29 is 13.2 Å². The van der Waals surface area contributed by atoms with Gasteiger partial charge in [0.2, 0.25) is 5.91 Å². The summed E-state index contributed by atoms with van der Waals surface area (Å²) in [7, 11) is -3.95. The van der Waals surface area contributed by atoms with E-state index in [1.165, 1.54) is 22.6 Å². The molecule has 3 rings (SSSR count). The van der Waals surface area contributed by atoms with E-state index < -0.39 is 10.0 Å². The van der Waals surface area contributed by atoms with Gasteiger partial charge in [-0.15, -0.1) is 11.8 Å². The molecule has 0 aromatic heterocycles. The number of nitrogens with zero attached hydrogens (tertiary/aromatic N) is 1. The van der Waals surface area contributed by atoms with Crippen molar-refractivity contribution in [2.24, 2.45) is 0 Å². The maximum atomic E-state index is 13.4. The van der Waals surface area contributed by atoms with Crippen LogP contribution in [-0.4, -0.2) is 33.2 Å². The van der Waals surface area contributed by atoms with E-state index in [4.69, 9.17) is 11.6 Å². The van der Waals surface area contributed by atoms with E-state index in [1.54, 1.807) is 55.1 Å². The highest BCUT2D eigenvalue weighted by Gasteiger charge is 2.28. The number of hydrogen-bond donors (Lipinski definition) is 1. The molecule has 1 N–H and O–H groups in total. The Bertz CT molecular complexity index is 1180. The van der Waals surface area contributed by atoms with Crippen LogP contribution in [0.5, 0.6) is 0 Å². The summed E-state index contributed by atoms with van der Waals surface area (Å²) in [6.07, 6.45) is 0.770. The van der Waals surface area contributed by atoms with Crippen LogP contribution in [0.4, 0.5) is 5.69 Å². The van der Waals surface area contributed by atoms with E-state index in [2.05, 4.69) is 36.5 Å². The van der Waals surface area contributed by atoms with Crippen LogP contribution >= 0.6 is 23.4 Å². The Morgan fingerprint density at radius 3 is 2.39 bits per heavy atom. The maximum Gasteiger partial charge on any atom is 0.264 e. The third-order valence-electron chi connectivity index (χ3n) is 4.99. The van der Waals surface area contributed by atoms with Gasteiger partial charge < -0.3 is 5.32 Å². The highest BCUT2D eigenvalue weighted by atomic mass is 35.5. The Balaban J connectivity index is 1.66. The van der Waals surface area contributed by atoms with Gasteiger partial charge in [-0.2, -0.15) is 0 Å². The summed E-state index contributed by atoms with van der Waals surface area (Å²) >= 11 is 7.87. The molecule has 0 atom stereocenters. The molecule has 0 saturated carbocycles.